The molecular weight excluding hydrogens is 425 g/mol. The molecule has 1 aromatic carbocycles. The Morgan fingerprint density at radius 2 is 1.87 bits per heavy atom. The lowest BCUT2D eigenvalue weighted by molar-refractivity contribution is 0.0313. The van der Waals surface area contributed by atoms with Gasteiger partial charge in [-0.25, -0.2) is 0 Å². The van der Waals surface area contributed by atoms with E-state index in [0.29, 0.717) is 17.4 Å². The van der Waals surface area contributed by atoms with Crippen LogP contribution in [0.25, 0.3) is 0 Å². The maximum atomic E-state index is 13.4. The third-order valence-corrected chi connectivity index (χ3v) is 6.35. The summed E-state index contributed by atoms with van der Waals surface area (Å²) in [5.74, 6) is 1.93. The topological polar surface area (TPSA) is 58.0 Å². The van der Waals surface area contributed by atoms with E-state index in [9.17, 15) is 4.79 Å². The van der Waals surface area contributed by atoms with Crippen LogP contribution >= 0.6 is 24.8 Å². The van der Waals surface area contributed by atoms with Gasteiger partial charge in [0.2, 0.25) is 0 Å². The number of halogens is 2. The molecular formula is C22H29Cl2N3O3. The van der Waals surface area contributed by atoms with E-state index >= 15 is 0 Å². The van der Waals surface area contributed by atoms with Crippen molar-refractivity contribution in [2.45, 2.75) is 12.6 Å². The second kappa shape index (κ2) is 10.2. The van der Waals surface area contributed by atoms with Crippen LogP contribution in [0.3, 0.4) is 0 Å². The third kappa shape index (κ3) is 4.53. The number of ether oxygens (including phenoxy) is 1. The molecule has 2 aromatic rings. The summed E-state index contributed by atoms with van der Waals surface area (Å²) in [7, 11) is 0. The van der Waals surface area contributed by atoms with Gasteiger partial charge >= 0.3 is 0 Å². The first kappa shape index (κ1) is 23.1. The van der Waals surface area contributed by atoms with Crippen LogP contribution in [0.15, 0.2) is 47.1 Å². The Labute approximate surface area is 189 Å². The van der Waals surface area contributed by atoms with E-state index in [-0.39, 0.29) is 36.8 Å². The fourth-order valence-corrected chi connectivity index (χ4v) is 4.93. The molecule has 164 valence electrons. The number of carbonyl (C=O) groups is 1. The van der Waals surface area contributed by atoms with Gasteiger partial charge in [-0.2, -0.15) is 0 Å². The highest BCUT2D eigenvalue weighted by molar-refractivity contribution is 5.94. The molecule has 0 bridgehead atoms. The van der Waals surface area contributed by atoms with E-state index in [2.05, 4.69) is 39.4 Å². The van der Waals surface area contributed by atoms with Gasteiger partial charge in [0.1, 0.15) is 12.0 Å². The van der Waals surface area contributed by atoms with Gasteiger partial charge in [-0.05, 0) is 17.5 Å². The number of rotatable bonds is 4. The van der Waals surface area contributed by atoms with Gasteiger partial charge in [-0.3, -0.25) is 9.69 Å². The monoisotopic (exact) mass is 453 g/mol. The maximum absolute atomic E-state index is 13.4. The molecule has 5 rings (SSSR count). The molecule has 0 spiro atoms. The van der Waals surface area contributed by atoms with E-state index in [1.54, 1.807) is 6.26 Å². The highest BCUT2D eigenvalue weighted by Gasteiger charge is 2.47. The smallest absolute Gasteiger partial charge is 0.257 e. The van der Waals surface area contributed by atoms with Crippen LogP contribution in [0.4, 0.5) is 0 Å². The molecule has 0 aliphatic carbocycles. The number of likely N-dealkylation sites (tertiary alicyclic amines) is 1. The molecule has 30 heavy (non-hydrogen) atoms. The number of furan rings is 1. The zero-order chi connectivity index (χ0) is 18.9. The summed E-state index contributed by atoms with van der Waals surface area (Å²) in [5, 5.41) is 3.50. The number of fused-ring (bicyclic) bond motifs is 1. The molecule has 3 fully saturated rings. The van der Waals surface area contributed by atoms with E-state index in [1.807, 2.05) is 12.1 Å². The van der Waals surface area contributed by atoms with Gasteiger partial charge in [-0.1, -0.05) is 30.3 Å². The number of hydrogen-bond acceptors (Lipinski definition) is 5. The summed E-state index contributed by atoms with van der Waals surface area (Å²) in [6, 6.07) is 12.5. The normalized spacial score (nSPS) is 26.0. The molecule has 6 nitrogen and oxygen atoms in total. The predicted octanol–water partition coefficient (Wildman–Crippen LogP) is 2.99. The molecule has 0 unspecified atom stereocenters. The van der Waals surface area contributed by atoms with Crippen molar-refractivity contribution >= 4 is 30.7 Å². The Morgan fingerprint density at radius 3 is 2.63 bits per heavy atom. The van der Waals surface area contributed by atoms with Gasteiger partial charge in [0.05, 0.1) is 31.4 Å². The Bertz CT molecular complexity index is 826. The first-order valence-corrected chi connectivity index (χ1v) is 10.2. The fourth-order valence-electron chi connectivity index (χ4n) is 4.93. The molecule has 0 radical (unpaired) electrons. The van der Waals surface area contributed by atoms with Crippen LogP contribution in [-0.2, 0) is 11.3 Å². The largest absolute Gasteiger partial charge is 0.467 e. The Morgan fingerprint density at radius 1 is 1.10 bits per heavy atom. The summed E-state index contributed by atoms with van der Waals surface area (Å²) < 4.78 is 11.1. The quantitative estimate of drug-likeness (QED) is 0.770. The first-order valence-electron chi connectivity index (χ1n) is 10.2. The summed E-state index contributed by atoms with van der Waals surface area (Å²) in [6.45, 7) is 6.83. The summed E-state index contributed by atoms with van der Waals surface area (Å²) >= 11 is 0. The van der Waals surface area contributed by atoms with Gasteiger partial charge in [0, 0.05) is 38.6 Å². The van der Waals surface area contributed by atoms with E-state index in [1.165, 1.54) is 5.56 Å². The molecule has 1 N–H and O–H groups in total. The minimum Gasteiger partial charge on any atom is -0.467 e. The summed E-state index contributed by atoms with van der Waals surface area (Å²) in [5.41, 5.74) is 1.89. The standard InChI is InChI=1S/C22H27N3O3.2ClH/c26-22(17-10-19(28-15-17)14-24-6-8-27-9-7-24)25-13-18-11-23-12-20(18)21(25)16-4-2-1-3-5-16;;/h1-5,10,15,18,20-21,23H,6-9,11-14H2;2*1H/t18-,20-,21-;;/m0../s1. The second-order valence-electron chi connectivity index (χ2n) is 8.09. The summed E-state index contributed by atoms with van der Waals surface area (Å²) in [6.07, 6.45) is 1.63. The van der Waals surface area contributed by atoms with Crippen LogP contribution in [0.1, 0.15) is 27.7 Å². The highest BCUT2D eigenvalue weighted by Crippen LogP contribution is 2.43. The number of nitrogens with zero attached hydrogens (tertiary/aromatic N) is 2. The molecule has 3 atom stereocenters. The minimum absolute atomic E-state index is 0. The SMILES string of the molecule is Cl.Cl.O=C(c1coc(CN2CCOCC2)c1)N1C[C@@H]2CNC[C@@H]2[C@@H]1c1ccccc1. The molecule has 1 amide bonds. The molecule has 8 heteroatoms. The fraction of sp³-hybridized carbons (Fsp3) is 0.500. The van der Waals surface area contributed by atoms with Crippen LogP contribution in [0.2, 0.25) is 0 Å². The van der Waals surface area contributed by atoms with Gasteiger partial charge < -0.3 is 19.4 Å². The average Bonchev–Trinajstić information content (AvgIpc) is 3.45. The van der Waals surface area contributed by atoms with Crippen LogP contribution in [0.5, 0.6) is 0 Å². The molecule has 4 heterocycles. The van der Waals surface area contributed by atoms with E-state index in [4.69, 9.17) is 9.15 Å². The lowest BCUT2D eigenvalue weighted by Gasteiger charge is -2.28. The number of nitrogens with one attached hydrogen (secondary N) is 1. The Balaban J connectivity index is 0.00000128. The number of benzene rings is 1. The number of morpholine rings is 1. The average molecular weight is 454 g/mol. The molecule has 1 aromatic heterocycles. The lowest BCUT2D eigenvalue weighted by Crippen LogP contribution is -2.35. The summed E-state index contributed by atoms with van der Waals surface area (Å²) in [4.78, 5) is 17.7. The first-order chi connectivity index (χ1) is 13.8. The van der Waals surface area contributed by atoms with Crippen LogP contribution < -0.4 is 5.32 Å². The van der Waals surface area contributed by atoms with Gasteiger partial charge in [-0.15, -0.1) is 24.8 Å². The van der Waals surface area contributed by atoms with Crippen molar-refractivity contribution in [1.29, 1.82) is 0 Å². The highest BCUT2D eigenvalue weighted by atomic mass is 35.5. The third-order valence-electron chi connectivity index (χ3n) is 6.35. The van der Waals surface area contributed by atoms with E-state index < -0.39 is 0 Å². The van der Waals surface area contributed by atoms with Crippen LogP contribution in [-0.4, -0.2) is 61.6 Å². The van der Waals surface area contributed by atoms with E-state index in [0.717, 1.165) is 58.2 Å². The molecule has 3 saturated heterocycles. The molecule has 0 saturated carbocycles. The molecule has 3 aliphatic rings. The van der Waals surface area contributed by atoms with Crippen molar-refractivity contribution in [3.63, 3.8) is 0 Å². The maximum Gasteiger partial charge on any atom is 0.257 e. The van der Waals surface area contributed by atoms with Crippen molar-refractivity contribution in [1.82, 2.24) is 15.1 Å². The van der Waals surface area contributed by atoms with Crippen molar-refractivity contribution in [3.05, 3.63) is 59.5 Å². The van der Waals surface area contributed by atoms with Crippen LogP contribution in [0, 0.1) is 11.8 Å². The molecule has 3 aliphatic heterocycles. The Hall–Kier alpha value is -1.57. The van der Waals surface area contributed by atoms with Gasteiger partial charge in [0.15, 0.2) is 0 Å². The Kier molecular flexibility index (Phi) is 7.82. The zero-order valence-electron chi connectivity index (χ0n) is 16.9. The van der Waals surface area contributed by atoms with Crippen molar-refractivity contribution < 1.29 is 13.9 Å². The number of hydrogen-bond donors (Lipinski definition) is 1. The number of carbonyl (C=O) groups excluding carboxylic acids is 1. The second-order valence-corrected chi connectivity index (χ2v) is 8.09. The van der Waals surface area contributed by atoms with Crippen molar-refractivity contribution in [2.24, 2.45) is 11.8 Å². The van der Waals surface area contributed by atoms with Gasteiger partial charge in [0.25, 0.3) is 5.91 Å². The zero-order valence-corrected chi connectivity index (χ0v) is 18.5. The predicted molar refractivity (Wildman–Crippen MR) is 119 cm³/mol. The number of amides is 1. The minimum atomic E-state index is 0. The lowest BCUT2D eigenvalue weighted by atomic mass is 9.89. The van der Waals surface area contributed by atoms with Crippen molar-refractivity contribution in [3.8, 4) is 0 Å². The van der Waals surface area contributed by atoms with Crippen molar-refractivity contribution in [2.75, 3.05) is 45.9 Å².